The molecule has 0 radical (unpaired) electrons. The number of aliphatic carboxylic acids is 1. The first kappa shape index (κ1) is 29.6. The number of nitrogens with zero attached hydrogens (tertiary/aromatic N) is 1. The number of carbonyl (C=O) groups excluding carboxylic acids is 1. The number of amides is 1. The molecule has 1 aromatic rings. The van der Waals surface area contributed by atoms with Crippen molar-refractivity contribution in [3.8, 4) is 5.75 Å². The normalized spacial score (nSPS) is 12.8. The minimum Gasteiger partial charge on any atom is -0.492 e. The van der Waals surface area contributed by atoms with Gasteiger partial charge in [-0.15, -0.1) is 0 Å². The molecule has 7 nitrogen and oxygen atoms in total. The fourth-order valence-electron chi connectivity index (χ4n) is 3.03. The van der Waals surface area contributed by atoms with Gasteiger partial charge in [0.25, 0.3) is 0 Å². The van der Waals surface area contributed by atoms with E-state index in [4.69, 9.17) is 14.2 Å². The molecule has 0 bridgehead atoms. The topological polar surface area (TPSA) is 85.3 Å². The van der Waals surface area contributed by atoms with Crippen molar-refractivity contribution in [3.63, 3.8) is 0 Å². The van der Waals surface area contributed by atoms with Crippen LogP contribution in [0.2, 0.25) is 0 Å². The monoisotopic (exact) mass is 487 g/mol. The summed E-state index contributed by atoms with van der Waals surface area (Å²) in [5.41, 5.74) is 0.611. The van der Waals surface area contributed by atoms with Crippen LogP contribution in [0.25, 0.3) is 0 Å². The van der Waals surface area contributed by atoms with Crippen LogP contribution in [0.3, 0.4) is 0 Å². The van der Waals surface area contributed by atoms with Gasteiger partial charge in [-0.3, -0.25) is 0 Å². The van der Waals surface area contributed by atoms with E-state index in [1.165, 1.54) is 4.90 Å². The van der Waals surface area contributed by atoms with E-state index in [1.807, 2.05) is 20.8 Å². The lowest BCUT2D eigenvalue weighted by Gasteiger charge is -2.25. The summed E-state index contributed by atoms with van der Waals surface area (Å²) in [6.07, 6.45) is -0.647. The first-order chi connectivity index (χ1) is 15.8. The van der Waals surface area contributed by atoms with E-state index < -0.39 is 24.1 Å². The van der Waals surface area contributed by atoms with Gasteiger partial charge < -0.3 is 24.2 Å². The predicted octanol–water partition coefficient (Wildman–Crippen LogP) is 5.41. The van der Waals surface area contributed by atoms with Crippen LogP contribution in [0.1, 0.15) is 59.4 Å². The summed E-state index contributed by atoms with van der Waals surface area (Å²) >= 11 is 0. The van der Waals surface area contributed by atoms with Gasteiger partial charge in [-0.05, 0) is 49.8 Å². The number of carbonyl (C=O) groups is 2. The molecule has 0 aromatic heterocycles. The molecule has 0 saturated heterocycles. The lowest BCUT2D eigenvalue weighted by molar-refractivity contribution is -0.149. The van der Waals surface area contributed by atoms with Crippen LogP contribution in [0, 0.1) is 5.41 Å². The fraction of sp³-hybridized carbons (Fsp3) is 0.680. The van der Waals surface area contributed by atoms with Crippen LogP contribution in [0.15, 0.2) is 24.3 Å². The number of hydrogen-bond acceptors (Lipinski definition) is 5. The Bertz CT molecular complexity index is 743. The number of carboxylic acids is 1. The average molecular weight is 488 g/mol. The number of carboxylic acid groups (broad SMARTS) is 1. The van der Waals surface area contributed by atoms with Crippen molar-refractivity contribution in [2.75, 3.05) is 32.9 Å². The highest BCUT2D eigenvalue weighted by atomic mass is 19.3. The van der Waals surface area contributed by atoms with Crippen molar-refractivity contribution >= 4 is 12.1 Å². The summed E-state index contributed by atoms with van der Waals surface area (Å²) in [6, 6.07) is 6.99. The highest BCUT2D eigenvalue weighted by Crippen LogP contribution is 2.20. The molecule has 0 aliphatic heterocycles. The Kier molecular flexibility index (Phi) is 12.3. The average Bonchev–Trinajstić information content (AvgIpc) is 2.73. The molecule has 1 rings (SSSR count). The molecule has 0 fully saturated rings. The van der Waals surface area contributed by atoms with Gasteiger partial charge in [-0.2, -0.15) is 0 Å². The molecule has 194 valence electrons. The molecule has 0 heterocycles. The van der Waals surface area contributed by atoms with Crippen molar-refractivity contribution in [3.05, 3.63) is 29.8 Å². The molecule has 1 atom stereocenters. The number of hydrogen-bond donors (Lipinski definition) is 1. The van der Waals surface area contributed by atoms with E-state index in [0.717, 1.165) is 12.5 Å². The van der Waals surface area contributed by atoms with Gasteiger partial charge >= 0.3 is 12.1 Å². The summed E-state index contributed by atoms with van der Waals surface area (Å²) < 4.78 is 42.5. The third-order valence-electron chi connectivity index (χ3n) is 4.80. The maximum Gasteiger partial charge on any atom is 0.409 e. The predicted molar refractivity (Wildman–Crippen MR) is 126 cm³/mol. The van der Waals surface area contributed by atoms with Crippen molar-refractivity contribution in [1.82, 2.24) is 4.90 Å². The summed E-state index contributed by atoms with van der Waals surface area (Å²) in [6.45, 7) is 9.80. The molecule has 1 amide bonds. The molecule has 1 N–H and O–H groups in total. The Labute approximate surface area is 201 Å². The van der Waals surface area contributed by atoms with E-state index in [1.54, 1.807) is 31.2 Å². The molecule has 0 spiro atoms. The highest BCUT2D eigenvalue weighted by molar-refractivity contribution is 5.72. The van der Waals surface area contributed by atoms with E-state index >= 15 is 0 Å². The third kappa shape index (κ3) is 13.3. The van der Waals surface area contributed by atoms with Crippen molar-refractivity contribution in [1.29, 1.82) is 0 Å². The van der Waals surface area contributed by atoms with Crippen molar-refractivity contribution < 1.29 is 37.7 Å². The maximum atomic E-state index is 13.1. The molecule has 0 saturated carbocycles. The lowest BCUT2D eigenvalue weighted by Crippen LogP contribution is -2.37. The van der Waals surface area contributed by atoms with Gasteiger partial charge in [0, 0.05) is 26.0 Å². The van der Waals surface area contributed by atoms with E-state index in [-0.39, 0.29) is 38.0 Å². The largest absolute Gasteiger partial charge is 0.492 e. The maximum absolute atomic E-state index is 13.1. The summed E-state index contributed by atoms with van der Waals surface area (Å²) in [7, 11) is 0. The Hall–Kier alpha value is -2.42. The number of benzene rings is 1. The van der Waals surface area contributed by atoms with Crippen molar-refractivity contribution in [2.45, 2.75) is 72.3 Å². The third-order valence-corrected chi connectivity index (χ3v) is 4.80. The zero-order chi connectivity index (χ0) is 25.8. The van der Waals surface area contributed by atoms with Crippen LogP contribution in [0.5, 0.6) is 5.75 Å². The standard InChI is InChI=1S/C25H39F2NO6/c1-6-32-21(22(29)30)17-19-9-11-20(12-10-19)33-16-15-28(14-8-7-13-25(5,26)27)23(31)34-18-24(2,3)4/h9-12,21H,6-8,13-18H2,1-5H3,(H,29,30). The summed E-state index contributed by atoms with van der Waals surface area (Å²) in [5.74, 6) is -3.16. The van der Waals surface area contributed by atoms with Crippen molar-refractivity contribution in [2.24, 2.45) is 5.41 Å². The van der Waals surface area contributed by atoms with Gasteiger partial charge in [0.1, 0.15) is 12.4 Å². The van der Waals surface area contributed by atoms with E-state index in [2.05, 4.69) is 0 Å². The Morgan fingerprint density at radius 2 is 1.71 bits per heavy atom. The molecular formula is C25H39F2NO6. The first-order valence-electron chi connectivity index (χ1n) is 11.7. The molecular weight excluding hydrogens is 448 g/mol. The number of rotatable bonds is 15. The Balaban J connectivity index is 2.61. The molecule has 1 unspecified atom stereocenters. The summed E-state index contributed by atoms with van der Waals surface area (Å²) in [4.78, 5) is 25.2. The van der Waals surface area contributed by atoms with E-state index in [9.17, 15) is 23.5 Å². The zero-order valence-corrected chi connectivity index (χ0v) is 20.9. The zero-order valence-electron chi connectivity index (χ0n) is 20.9. The number of alkyl halides is 2. The van der Waals surface area contributed by atoms with Gasteiger partial charge in [-0.25, -0.2) is 18.4 Å². The number of ether oxygens (including phenoxy) is 3. The second-order valence-electron chi connectivity index (χ2n) is 9.61. The second-order valence-corrected chi connectivity index (χ2v) is 9.61. The highest BCUT2D eigenvalue weighted by Gasteiger charge is 2.22. The van der Waals surface area contributed by atoms with E-state index in [0.29, 0.717) is 31.7 Å². The molecule has 0 aliphatic rings. The minimum absolute atomic E-state index is 0.189. The Morgan fingerprint density at radius 3 is 2.24 bits per heavy atom. The second kappa shape index (κ2) is 14.1. The van der Waals surface area contributed by atoms with Gasteiger partial charge in [-0.1, -0.05) is 32.9 Å². The quantitative estimate of drug-likeness (QED) is 0.333. The van der Waals surface area contributed by atoms with Gasteiger partial charge in [0.05, 0.1) is 13.2 Å². The fourth-order valence-corrected chi connectivity index (χ4v) is 3.03. The number of unbranched alkanes of at least 4 members (excludes halogenated alkanes) is 1. The lowest BCUT2D eigenvalue weighted by atomic mass is 9.99. The van der Waals surface area contributed by atoms with Crippen LogP contribution < -0.4 is 4.74 Å². The minimum atomic E-state index is -2.72. The summed E-state index contributed by atoms with van der Waals surface area (Å²) in [5, 5.41) is 9.20. The Morgan fingerprint density at radius 1 is 1.06 bits per heavy atom. The van der Waals surface area contributed by atoms with Gasteiger partial charge in [0.15, 0.2) is 6.10 Å². The van der Waals surface area contributed by atoms with Crippen LogP contribution in [-0.4, -0.2) is 67.0 Å². The van der Waals surface area contributed by atoms with Crippen LogP contribution in [-0.2, 0) is 20.7 Å². The number of halogens is 2. The molecule has 9 heteroatoms. The van der Waals surface area contributed by atoms with Crippen LogP contribution >= 0.6 is 0 Å². The molecule has 34 heavy (non-hydrogen) atoms. The van der Waals surface area contributed by atoms with Crippen LogP contribution in [0.4, 0.5) is 13.6 Å². The first-order valence-corrected chi connectivity index (χ1v) is 11.7. The van der Waals surface area contributed by atoms with Gasteiger partial charge in [0.2, 0.25) is 5.92 Å². The smallest absolute Gasteiger partial charge is 0.409 e. The SMILES string of the molecule is CCOC(Cc1ccc(OCCN(CCCCC(C)(F)F)C(=O)OCC(C)(C)C)cc1)C(=O)O. The molecule has 1 aromatic carbocycles. The molecule has 0 aliphatic carbocycles.